The first-order valence-electron chi connectivity index (χ1n) is 9.96. The number of methoxy groups -OCH3 is 2. The van der Waals surface area contributed by atoms with Crippen LogP contribution < -0.4 is 9.47 Å². The highest BCUT2D eigenvalue weighted by Gasteiger charge is 2.58. The molecule has 154 valence electrons. The van der Waals surface area contributed by atoms with E-state index in [1.807, 2.05) is 6.08 Å². The average molecular weight is 403 g/mol. The summed E-state index contributed by atoms with van der Waals surface area (Å²) >= 11 is 0. The molecule has 30 heavy (non-hydrogen) atoms. The fourth-order valence-electron chi connectivity index (χ4n) is 4.79. The molecule has 1 aliphatic heterocycles. The monoisotopic (exact) mass is 403 g/mol. The molecule has 3 rings (SSSR count). The SMILES string of the molecule is CCCN1CC=C2C(C#N)C(=N)C(C#N)(C#N)[C@@H](c3cc(OC)ccc3OC)[C@H]2C1. The minimum atomic E-state index is -1.77. The van der Waals surface area contributed by atoms with E-state index in [1.54, 1.807) is 32.4 Å². The van der Waals surface area contributed by atoms with Crippen LogP contribution in [0.5, 0.6) is 11.5 Å². The van der Waals surface area contributed by atoms with Gasteiger partial charge in [-0.2, -0.15) is 15.8 Å². The lowest BCUT2D eigenvalue weighted by atomic mass is 9.54. The highest BCUT2D eigenvalue weighted by Crippen LogP contribution is 2.55. The molecule has 7 heteroatoms. The second-order valence-electron chi connectivity index (χ2n) is 7.66. The Morgan fingerprint density at radius 2 is 1.93 bits per heavy atom. The van der Waals surface area contributed by atoms with Crippen LogP contribution >= 0.6 is 0 Å². The molecule has 1 heterocycles. The Kier molecular flexibility index (Phi) is 6.11. The van der Waals surface area contributed by atoms with Crippen molar-refractivity contribution in [3.05, 3.63) is 35.4 Å². The summed E-state index contributed by atoms with van der Waals surface area (Å²) in [5.74, 6) is -0.669. The minimum Gasteiger partial charge on any atom is -0.497 e. The molecule has 0 aromatic heterocycles. The molecule has 1 fully saturated rings. The van der Waals surface area contributed by atoms with Crippen molar-refractivity contribution in [3.8, 4) is 29.7 Å². The van der Waals surface area contributed by atoms with Crippen LogP contribution in [0.3, 0.4) is 0 Å². The van der Waals surface area contributed by atoms with Crippen LogP contribution in [-0.4, -0.2) is 44.5 Å². The number of ether oxygens (including phenoxy) is 2. The van der Waals surface area contributed by atoms with Gasteiger partial charge in [-0.3, -0.25) is 4.90 Å². The number of hydrogen-bond acceptors (Lipinski definition) is 7. The Morgan fingerprint density at radius 1 is 1.20 bits per heavy atom. The van der Waals surface area contributed by atoms with Crippen molar-refractivity contribution in [3.63, 3.8) is 0 Å². The fourth-order valence-corrected chi connectivity index (χ4v) is 4.79. The maximum absolute atomic E-state index is 10.2. The van der Waals surface area contributed by atoms with E-state index in [0.29, 0.717) is 30.2 Å². The molecule has 7 nitrogen and oxygen atoms in total. The Hall–Kier alpha value is -3.34. The summed E-state index contributed by atoms with van der Waals surface area (Å²) in [4.78, 5) is 2.26. The van der Waals surface area contributed by atoms with Gasteiger partial charge in [0, 0.05) is 30.5 Å². The highest BCUT2D eigenvalue weighted by atomic mass is 16.5. The Morgan fingerprint density at radius 3 is 2.50 bits per heavy atom. The lowest BCUT2D eigenvalue weighted by molar-refractivity contribution is 0.202. The van der Waals surface area contributed by atoms with Crippen LogP contribution in [0.4, 0.5) is 0 Å². The van der Waals surface area contributed by atoms with Crippen molar-refractivity contribution in [2.24, 2.45) is 17.3 Å². The molecular weight excluding hydrogens is 378 g/mol. The number of rotatable bonds is 5. The van der Waals surface area contributed by atoms with E-state index < -0.39 is 17.3 Å². The van der Waals surface area contributed by atoms with Crippen LogP contribution in [0.1, 0.15) is 24.8 Å². The lowest BCUT2D eigenvalue weighted by Gasteiger charge is -2.48. The predicted octanol–water partition coefficient (Wildman–Crippen LogP) is 3.26. The molecule has 1 unspecified atom stereocenters. The molecule has 0 saturated heterocycles. The van der Waals surface area contributed by atoms with Crippen molar-refractivity contribution in [2.45, 2.75) is 19.3 Å². The largest absolute Gasteiger partial charge is 0.497 e. The van der Waals surface area contributed by atoms with Crippen molar-refractivity contribution in [1.29, 1.82) is 21.2 Å². The zero-order valence-electron chi connectivity index (χ0n) is 17.5. The van der Waals surface area contributed by atoms with Gasteiger partial charge in [-0.15, -0.1) is 0 Å². The van der Waals surface area contributed by atoms with Gasteiger partial charge in [0.1, 0.15) is 17.4 Å². The first-order chi connectivity index (χ1) is 14.5. The first kappa shape index (κ1) is 21.4. The third-order valence-electron chi connectivity index (χ3n) is 6.18. The van der Waals surface area contributed by atoms with Gasteiger partial charge in [0.2, 0.25) is 0 Å². The maximum atomic E-state index is 10.2. The van der Waals surface area contributed by atoms with Crippen LogP contribution in [0.15, 0.2) is 29.8 Å². The van der Waals surface area contributed by atoms with Crippen LogP contribution in [0.25, 0.3) is 0 Å². The highest BCUT2D eigenvalue weighted by molar-refractivity contribution is 6.01. The minimum absolute atomic E-state index is 0.156. The molecular formula is C23H25N5O2. The van der Waals surface area contributed by atoms with E-state index in [9.17, 15) is 15.8 Å². The van der Waals surface area contributed by atoms with Crippen molar-refractivity contribution in [1.82, 2.24) is 4.90 Å². The van der Waals surface area contributed by atoms with Gasteiger partial charge in [-0.25, -0.2) is 0 Å². The lowest BCUT2D eigenvalue weighted by Crippen LogP contribution is -2.53. The number of fused-ring (bicyclic) bond motifs is 1. The Balaban J connectivity index is 2.29. The van der Waals surface area contributed by atoms with Crippen molar-refractivity contribution < 1.29 is 9.47 Å². The maximum Gasteiger partial charge on any atom is 0.189 e. The molecule has 3 atom stereocenters. The third kappa shape index (κ3) is 3.20. The third-order valence-corrected chi connectivity index (χ3v) is 6.18. The summed E-state index contributed by atoms with van der Waals surface area (Å²) < 4.78 is 11.0. The Labute approximate surface area is 177 Å². The summed E-state index contributed by atoms with van der Waals surface area (Å²) in [6.07, 6.45) is 2.98. The molecule has 1 N–H and O–H groups in total. The standard InChI is InChI=1S/C23H25N5O2/c1-4-8-28-9-7-16-18(11-24)22(27)23(13-25,14-26)21(19(16)12-28)17-10-15(29-2)5-6-20(17)30-3/h5-7,10,18-19,21,27H,4,8-9,12H2,1-3H3/t18?,19-,21-/m0/s1. The molecule has 0 radical (unpaired) electrons. The van der Waals surface area contributed by atoms with E-state index in [-0.39, 0.29) is 11.6 Å². The summed E-state index contributed by atoms with van der Waals surface area (Å²) in [5, 5.41) is 38.9. The molecule has 0 bridgehead atoms. The number of benzene rings is 1. The van der Waals surface area contributed by atoms with Gasteiger partial charge in [0.15, 0.2) is 5.41 Å². The summed E-state index contributed by atoms with van der Waals surface area (Å²) in [6, 6.07) is 11.7. The molecule has 1 aliphatic carbocycles. The second-order valence-corrected chi connectivity index (χ2v) is 7.66. The number of nitriles is 3. The quantitative estimate of drug-likeness (QED) is 0.754. The summed E-state index contributed by atoms with van der Waals surface area (Å²) in [6.45, 7) is 4.29. The van der Waals surface area contributed by atoms with Crippen LogP contribution in [0.2, 0.25) is 0 Å². The number of nitrogens with zero attached hydrogens (tertiary/aromatic N) is 4. The van der Waals surface area contributed by atoms with Crippen LogP contribution in [0, 0.1) is 56.7 Å². The Bertz CT molecular complexity index is 980. The topological polar surface area (TPSA) is 117 Å². The smallest absolute Gasteiger partial charge is 0.189 e. The van der Waals surface area contributed by atoms with E-state index >= 15 is 0 Å². The zero-order chi connectivity index (χ0) is 21.9. The molecule has 1 aromatic rings. The molecule has 0 amide bonds. The fraction of sp³-hybridized carbons (Fsp3) is 0.478. The van der Waals surface area contributed by atoms with Gasteiger partial charge in [0.05, 0.1) is 38.1 Å². The second kappa shape index (κ2) is 8.57. The summed E-state index contributed by atoms with van der Waals surface area (Å²) in [5.41, 5.74) is -0.449. The van der Waals surface area contributed by atoms with Crippen LogP contribution in [-0.2, 0) is 0 Å². The number of nitrogens with one attached hydrogen (secondary N) is 1. The van der Waals surface area contributed by atoms with E-state index in [4.69, 9.17) is 14.9 Å². The first-order valence-corrected chi connectivity index (χ1v) is 9.96. The molecule has 1 saturated carbocycles. The zero-order valence-corrected chi connectivity index (χ0v) is 17.5. The van der Waals surface area contributed by atoms with Gasteiger partial charge in [-0.05, 0) is 36.7 Å². The van der Waals surface area contributed by atoms with Gasteiger partial charge in [-0.1, -0.05) is 13.0 Å². The average Bonchev–Trinajstić information content (AvgIpc) is 2.78. The van der Waals surface area contributed by atoms with Gasteiger partial charge >= 0.3 is 0 Å². The van der Waals surface area contributed by atoms with Gasteiger partial charge < -0.3 is 14.9 Å². The van der Waals surface area contributed by atoms with Crippen molar-refractivity contribution >= 4 is 5.71 Å². The summed E-state index contributed by atoms with van der Waals surface area (Å²) in [7, 11) is 3.09. The van der Waals surface area contributed by atoms with Crippen molar-refractivity contribution in [2.75, 3.05) is 33.9 Å². The normalized spacial score (nSPS) is 25.1. The number of hydrogen-bond donors (Lipinski definition) is 1. The van der Waals surface area contributed by atoms with E-state index in [2.05, 4.69) is 30.0 Å². The molecule has 1 aromatic carbocycles. The molecule has 2 aliphatic rings. The van der Waals surface area contributed by atoms with Gasteiger partial charge in [0.25, 0.3) is 0 Å². The molecule has 0 spiro atoms. The predicted molar refractivity (Wildman–Crippen MR) is 111 cm³/mol. The van der Waals surface area contributed by atoms with E-state index in [1.165, 1.54) is 0 Å². The van der Waals surface area contributed by atoms with E-state index in [0.717, 1.165) is 18.5 Å².